The highest BCUT2D eigenvalue weighted by Crippen LogP contribution is 2.58. The van der Waals surface area contributed by atoms with Crippen molar-refractivity contribution in [2.45, 2.75) is 116 Å². The van der Waals surface area contributed by atoms with Crippen LogP contribution in [0.1, 0.15) is 127 Å². The van der Waals surface area contributed by atoms with Gasteiger partial charge in [-0.25, -0.2) is 0 Å². The lowest BCUT2D eigenvalue weighted by atomic mass is 9.70. The molecule has 0 N–H and O–H groups in total. The van der Waals surface area contributed by atoms with Crippen LogP contribution < -0.4 is 0 Å². The number of benzene rings is 8. The van der Waals surface area contributed by atoms with Crippen LogP contribution in [-0.2, 0) is 10.8 Å². The number of furan rings is 2. The summed E-state index contributed by atoms with van der Waals surface area (Å²) >= 11 is 3.76. The lowest BCUT2D eigenvalue weighted by Crippen LogP contribution is -2.25. The van der Waals surface area contributed by atoms with E-state index in [1.165, 1.54) is 170 Å². The molecule has 0 saturated carbocycles. The molecule has 0 saturated heterocycles. The second-order valence-corrected chi connectivity index (χ2v) is 24.7. The van der Waals surface area contributed by atoms with Gasteiger partial charge in [-0.1, -0.05) is 164 Å². The van der Waals surface area contributed by atoms with E-state index in [4.69, 9.17) is 8.83 Å². The molecule has 14 rings (SSSR count). The third-order valence-electron chi connectivity index (χ3n) is 18.0. The van der Waals surface area contributed by atoms with Crippen molar-refractivity contribution >= 4 is 66.6 Å². The SMILES string of the molecule is CCCCC1(CCCC)c2cc(-c3ccccc3)ccc2-c2cc3oc4ccc(-c5ccc(-c6ccc(-c7ccc8oc9cc%10c(cc9c8c7)C(CCCC)(CCCC)c7cc(-c8ccccc8)ccc7-%10)s6)s5)cc4c3cc21. The van der Waals surface area contributed by atoms with Crippen molar-refractivity contribution in [1.82, 2.24) is 0 Å². The Bertz CT molecular complexity index is 3930. The summed E-state index contributed by atoms with van der Waals surface area (Å²) in [6.45, 7) is 9.35. The number of fused-ring (bicyclic) bond motifs is 12. The fraction of sp³-hybridized carbons (Fsp3) is 0.243. The van der Waals surface area contributed by atoms with Gasteiger partial charge < -0.3 is 8.83 Å². The summed E-state index contributed by atoms with van der Waals surface area (Å²) in [7, 11) is 0. The number of rotatable bonds is 17. The molecule has 2 nitrogen and oxygen atoms in total. The Kier molecular flexibility index (Phi) is 12.5. The van der Waals surface area contributed by atoms with Gasteiger partial charge in [0.1, 0.15) is 22.3 Å². The predicted octanol–water partition coefficient (Wildman–Crippen LogP) is 23.2. The van der Waals surface area contributed by atoms with Crippen molar-refractivity contribution in [1.29, 1.82) is 0 Å². The second kappa shape index (κ2) is 19.9. The topological polar surface area (TPSA) is 26.3 Å². The fourth-order valence-electron chi connectivity index (χ4n) is 13.9. The first-order valence-electron chi connectivity index (χ1n) is 29.0. The molecule has 0 radical (unpaired) electrons. The van der Waals surface area contributed by atoms with Crippen LogP contribution in [0.3, 0.4) is 0 Å². The molecule has 4 heterocycles. The van der Waals surface area contributed by atoms with E-state index in [1.807, 2.05) is 22.7 Å². The zero-order chi connectivity index (χ0) is 52.5. The van der Waals surface area contributed by atoms with E-state index in [9.17, 15) is 0 Å². The highest BCUT2D eigenvalue weighted by Gasteiger charge is 2.44. The Hall–Kier alpha value is -7.24. The van der Waals surface area contributed by atoms with Gasteiger partial charge in [-0.3, -0.25) is 0 Å². The van der Waals surface area contributed by atoms with Crippen LogP contribution in [0.4, 0.5) is 0 Å². The third-order valence-corrected chi connectivity index (χ3v) is 20.4. The Morgan fingerprint density at radius 2 is 0.654 bits per heavy atom. The van der Waals surface area contributed by atoms with Crippen molar-refractivity contribution in [3.63, 3.8) is 0 Å². The minimum absolute atomic E-state index is 0.0342. The van der Waals surface area contributed by atoms with Crippen LogP contribution in [0.5, 0.6) is 0 Å². The van der Waals surface area contributed by atoms with Crippen LogP contribution in [0, 0.1) is 0 Å². The minimum atomic E-state index is -0.0342. The summed E-state index contributed by atoms with van der Waals surface area (Å²) in [6.07, 6.45) is 14.1. The smallest absolute Gasteiger partial charge is 0.136 e. The monoisotopic (exact) mass is 1050 g/mol. The average molecular weight is 1050 g/mol. The molecule has 0 unspecified atom stereocenters. The first-order valence-corrected chi connectivity index (χ1v) is 30.7. The van der Waals surface area contributed by atoms with Crippen molar-refractivity contribution in [2.24, 2.45) is 0 Å². The zero-order valence-corrected chi connectivity index (χ0v) is 47.1. The average Bonchev–Trinajstić information content (AvgIpc) is 4.46. The van der Waals surface area contributed by atoms with Gasteiger partial charge in [0.15, 0.2) is 0 Å². The van der Waals surface area contributed by atoms with Gasteiger partial charge in [-0.2, -0.15) is 0 Å². The van der Waals surface area contributed by atoms with E-state index < -0.39 is 0 Å². The Morgan fingerprint density at radius 1 is 0.295 bits per heavy atom. The van der Waals surface area contributed by atoms with E-state index >= 15 is 0 Å². The van der Waals surface area contributed by atoms with Gasteiger partial charge in [-0.15, -0.1) is 22.7 Å². The molecule has 4 heteroatoms. The molecular formula is C74H66O2S2. The van der Waals surface area contributed by atoms with E-state index in [-0.39, 0.29) is 10.8 Å². The van der Waals surface area contributed by atoms with Crippen molar-refractivity contribution < 1.29 is 8.83 Å². The number of thiophene rings is 2. The molecule has 0 fully saturated rings. The van der Waals surface area contributed by atoms with Crippen molar-refractivity contribution in [2.75, 3.05) is 0 Å². The maximum Gasteiger partial charge on any atom is 0.136 e. The van der Waals surface area contributed by atoms with E-state index in [0.29, 0.717) is 0 Å². The Morgan fingerprint density at radius 3 is 1.05 bits per heavy atom. The van der Waals surface area contributed by atoms with Crippen molar-refractivity contribution in [3.05, 3.63) is 204 Å². The molecule has 0 spiro atoms. The van der Waals surface area contributed by atoms with Crippen LogP contribution >= 0.6 is 22.7 Å². The van der Waals surface area contributed by atoms with Gasteiger partial charge in [-0.05, 0) is 201 Å². The highest BCUT2D eigenvalue weighted by atomic mass is 32.1. The predicted molar refractivity (Wildman–Crippen MR) is 334 cm³/mol. The van der Waals surface area contributed by atoms with Gasteiger partial charge >= 0.3 is 0 Å². The second-order valence-electron chi connectivity index (χ2n) is 22.6. The third kappa shape index (κ3) is 7.99. The molecule has 0 amide bonds. The van der Waals surface area contributed by atoms with Gasteiger partial charge in [0.05, 0.1) is 0 Å². The maximum absolute atomic E-state index is 6.76. The summed E-state index contributed by atoms with van der Waals surface area (Å²) in [4.78, 5) is 5.11. The molecular weight excluding hydrogens is 985 g/mol. The Labute approximate surface area is 467 Å². The molecule has 12 aromatic rings. The van der Waals surface area contributed by atoms with E-state index in [1.54, 1.807) is 0 Å². The number of hydrogen-bond donors (Lipinski definition) is 0. The van der Waals surface area contributed by atoms with E-state index in [2.05, 4.69) is 210 Å². The molecule has 2 aliphatic carbocycles. The van der Waals surface area contributed by atoms with Crippen LogP contribution in [0.2, 0.25) is 0 Å². The molecule has 78 heavy (non-hydrogen) atoms. The first kappa shape index (κ1) is 49.1. The Balaban J connectivity index is 0.792. The summed E-state index contributed by atoms with van der Waals surface area (Å²) in [5, 5.41) is 4.84. The lowest BCUT2D eigenvalue weighted by Gasteiger charge is -2.33. The summed E-state index contributed by atoms with van der Waals surface area (Å²) in [5.41, 5.74) is 22.8. The van der Waals surface area contributed by atoms with Gasteiger partial charge in [0, 0.05) is 51.9 Å². The highest BCUT2D eigenvalue weighted by molar-refractivity contribution is 7.25. The normalized spacial score (nSPS) is 13.9. The summed E-state index contributed by atoms with van der Waals surface area (Å²) < 4.78 is 13.5. The first-order chi connectivity index (χ1) is 38.4. The number of hydrogen-bond acceptors (Lipinski definition) is 4. The minimum Gasteiger partial charge on any atom is -0.456 e. The van der Waals surface area contributed by atoms with Crippen LogP contribution in [-0.4, -0.2) is 0 Å². The quantitative estimate of drug-likeness (QED) is 0.0908. The lowest BCUT2D eigenvalue weighted by molar-refractivity contribution is 0.415. The maximum atomic E-state index is 6.76. The molecule has 0 atom stereocenters. The van der Waals surface area contributed by atoms with E-state index in [0.717, 1.165) is 48.0 Å². The van der Waals surface area contributed by atoms with Crippen LogP contribution in [0.25, 0.3) is 119 Å². The summed E-state index contributed by atoms with van der Waals surface area (Å²) in [6, 6.07) is 69.0. The molecule has 0 bridgehead atoms. The fourth-order valence-corrected chi connectivity index (χ4v) is 16.0. The molecule has 0 aliphatic heterocycles. The molecule has 386 valence electrons. The van der Waals surface area contributed by atoms with Crippen molar-refractivity contribution in [3.8, 4) is 75.1 Å². The van der Waals surface area contributed by atoms with Gasteiger partial charge in [0.25, 0.3) is 0 Å². The summed E-state index contributed by atoms with van der Waals surface area (Å²) in [5.74, 6) is 0. The largest absolute Gasteiger partial charge is 0.456 e. The molecule has 4 aromatic heterocycles. The standard InChI is InChI=1S/C74H66O2S2/c1-5-9-35-73(36-10-6-2)61-41-49(47-19-15-13-16-20-47)23-27-53(61)55-45-67-59(43-63(55)73)57-39-51(25-29-65(57)75-67)69-31-33-71(77-69)72-34-32-70(78-72)52-26-30-66-58(40-52)60-44-64-56(46-68(60)76-66)54-28-24-50(48-21-17-14-18-22-48)42-62(54)74(64,37-11-7-3)38-12-8-4/h13-34,39-46H,5-12,35-38H2,1-4H3. The zero-order valence-electron chi connectivity index (χ0n) is 45.4. The van der Waals surface area contributed by atoms with Gasteiger partial charge in [0.2, 0.25) is 0 Å². The molecule has 8 aromatic carbocycles. The number of unbranched alkanes of at least 4 members (excludes halogenated alkanes) is 4. The molecule has 2 aliphatic rings. The van der Waals surface area contributed by atoms with Crippen LogP contribution in [0.15, 0.2) is 191 Å².